The number of hydrogen-bond donors (Lipinski definition) is 2. The van der Waals surface area contributed by atoms with E-state index in [9.17, 15) is 32.3 Å². The Hall–Kier alpha value is -1.77. The third-order valence-corrected chi connectivity index (χ3v) is 4.74. The lowest BCUT2D eigenvalue weighted by molar-refractivity contribution is -0.147. The highest BCUT2D eigenvalue weighted by Crippen LogP contribution is 2.32. The van der Waals surface area contributed by atoms with Crippen LogP contribution in [-0.2, 0) is 15.8 Å². The summed E-state index contributed by atoms with van der Waals surface area (Å²) in [4.78, 5) is 23.2. The highest BCUT2D eigenvalue weighted by Gasteiger charge is 2.44. The zero-order valence-electron chi connectivity index (χ0n) is 11.7. The number of carbonyl (C=O) groups is 2. The summed E-state index contributed by atoms with van der Waals surface area (Å²) in [5.74, 6) is -1.79. The van der Waals surface area contributed by atoms with Crippen LogP contribution in [0.3, 0.4) is 0 Å². The zero-order valence-corrected chi connectivity index (χ0v) is 12.5. The van der Waals surface area contributed by atoms with E-state index in [1.807, 2.05) is 0 Å². The molecule has 2 N–H and O–H groups in total. The number of alkyl halides is 4. The van der Waals surface area contributed by atoms with E-state index < -0.39 is 35.3 Å². The van der Waals surface area contributed by atoms with E-state index in [4.69, 9.17) is 0 Å². The number of hydrogen-bond acceptors (Lipinski definition) is 3. The Morgan fingerprint density at radius 3 is 2.30 bits per heavy atom. The van der Waals surface area contributed by atoms with Crippen molar-refractivity contribution in [2.45, 2.75) is 24.3 Å². The van der Waals surface area contributed by atoms with Crippen molar-refractivity contribution in [3.8, 4) is 0 Å². The summed E-state index contributed by atoms with van der Waals surface area (Å²) in [6.45, 7) is 0. The molecule has 2 atom stereocenters. The van der Waals surface area contributed by atoms with Crippen LogP contribution in [0.5, 0.6) is 0 Å². The molecule has 1 aromatic rings. The highest BCUT2D eigenvalue weighted by atomic mass is 32.2. The van der Waals surface area contributed by atoms with E-state index in [0.29, 0.717) is 17.9 Å². The van der Waals surface area contributed by atoms with Gasteiger partial charge in [-0.25, -0.2) is 9.18 Å². The topological polar surface area (TPSA) is 66.4 Å². The molecule has 23 heavy (non-hydrogen) atoms. The van der Waals surface area contributed by atoms with Crippen molar-refractivity contribution in [3.05, 3.63) is 35.4 Å². The lowest BCUT2D eigenvalue weighted by atomic mass is 9.98. The summed E-state index contributed by atoms with van der Waals surface area (Å²) in [5, 5.41) is 11.4. The summed E-state index contributed by atoms with van der Waals surface area (Å²) in [5.41, 5.74) is -2.75. The van der Waals surface area contributed by atoms with Crippen molar-refractivity contribution in [2.24, 2.45) is 0 Å². The number of carboxylic acid groups (broad SMARTS) is 1. The minimum absolute atomic E-state index is 0.119. The van der Waals surface area contributed by atoms with Gasteiger partial charge in [-0.15, -0.1) is 0 Å². The first-order chi connectivity index (χ1) is 10.7. The van der Waals surface area contributed by atoms with Crippen LogP contribution in [-0.4, -0.2) is 34.0 Å². The molecular formula is C14H13F4NO3S. The fourth-order valence-corrected chi connectivity index (χ4v) is 3.50. The molecule has 0 bridgehead atoms. The summed E-state index contributed by atoms with van der Waals surface area (Å²) >= 11 is 1.32. The monoisotopic (exact) mass is 351 g/mol. The van der Waals surface area contributed by atoms with Crippen molar-refractivity contribution in [1.82, 2.24) is 5.32 Å². The number of benzene rings is 1. The Kier molecular flexibility index (Phi) is 4.88. The summed E-state index contributed by atoms with van der Waals surface area (Å²) in [6, 6.07) is 3.08. The van der Waals surface area contributed by atoms with E-state index in [1.165, 1.54) is 11.8 Å². The molecule has 1 amide bonds. The maximum Gasteiger partial charge on any atom is 0.416 e. The Morgan fingerprint density at radius 2 is 1.87 bits per heavy atom. The second-order valence-electron chi connectivity index (χ2n) is 5.16. The van der Waals surface area contributed by atoms with Crippen molar-refractivity contribution < 1.29 is 32.3 Å². The quantitative estimate of drug-likeness (QED) is 0.819. The average Bonchev–Trinajstić information content (AvgIpc) is 2.95. The number of nitrogens with one attached hydrogen (secondary N) is 1. The fourth-order valence-electron chi connectivity index (χ4n) is 2.18. The molecule has 0 aromatic heterocycles. The van der Waals surface area contributed by atoms with Gasteiger partial charge in [0.05, 0.1) is 5.56 Å². The normalized spacial score (nSPS) is 22.6. The number of carboxylic acids is 1. The average molecular weight is 351 g/mol. The highest BCUT2D eigenvalue weighted by molar-refractivity contribution is 7.99. The Morgan fingerprint density at radius 1 is 1.26 bits per heavy atom. The second kappa shape index (κ2) is 6.38. The smallest absolute Gasteiger partial charge is 0.416 e. The van der Waals surface area contributed by atoms with Gasteiger partial charge in [-0.05, 0) is 29.9 Å². The van der Waals surface area contributed by atoms with Gasteiger partial charge in [0.2, 0.25) is 6.17 Å². The summed E-state index contributed by atoms with van der Waals surface area (Å²) < 4.78 is 51.5. The first kappa shape index (κ1) is 17.6. The molecule has 1 aromatic carbocycles. The van der Waals surface area contributed by atoms with Gasteiger partial charge in [-0.3, -0.25) is 4.79 Å². The molecule has 9 heteroatoms. The van der Waals surface area contributed by atoms with Gasteiger partial charge in [-0.2, -0.15) is 24.9 Å². The molecule has 1 heterocycles. The van der Waals surface area contributed by atoms with Gasteiger partial charge >= 0.3 is 12.1 Å². The maximum atomic E-state index is 14.2. The number of rotatable bonds is 4. The lowest BCUT2D eigenvalue weighted by Crippen LogP contribution is -2.55. The molecule has 1 saturated heterocycles. The molecule has 0 radical (unpaired) electrons. The molecule has 1 aliphatic rings. The van der Waals surface area contributed by atoms with Gasteiger partial charge in [0.25, 0.3) is 5.91 Å². The van der Waals surface area contributed by atoms with Crippen molar-refractivity contribution in [2.75, 3.05) is 11.5 Å². The maximum absolute atomic E-state index is 14.2. The van der Waals surface area contributed by atoms with Crippen LogP contribution in [0.1, 0.15) is 23.7 Å². The minimum Gasteiger partial charge on any atom is -0.479 e. The van der Waals surface area contributed by atoms with Gasteiger partial charge < -0.3 is 10.4 Å². The number of aliphatic carboxylic acids is 1. The number of amides is 1. The molecule has 0 spiro atoms. The predicted molar refractivity (Wildman–Crippen MR) is 75.7 cm³/mol. The van der Waals surface area contributed by atoms with Gasteiger partial charge in [0, 0.05) is 5.75 Å². The zero-order chi connectivity index (χ0) is 17.3. The first-order valence-electron chi connectivity index (χ1n) is 6.60. The largest absolute Gasteiger partial charge is 0.479 e. The van der Waals surface area contributed by atoms with E-state index in [1.54, 1.807) is 0 Å². The lowest BCUT2D eigenvalue weighted by Gasteiger charge is -2.25. The molecular weight excluding hydrogens is 338 g/mol. The summed E-state index contributed by atoms with van der Waals surface area (Å²) in [7, 11) is 0. The predicted octanol–water partition coefficient (Wildman–Crippen LogP) is 2.79. The fraction of sp³-hybridized carbons (Fsp3) is 0.429. The van der Waals surface area contributed by atoms with E-state index >= 15 is 0 Å². The van der Waals surface area contributed by atoms with E-state index in [2.05, 4.69) is 5.32 Å². The third-order valence-electron chi connectivity index (χ3n) is 3.55. The van der Waals surface area contributed by atoms with Gasteiger partial charge in [-0.1, -0.05) is 12.1 Å². The Balaban J connectivity index is 2.12. The van der Waals surface area contributed by atoms with Gasteiger partial charge in [0.15, 0.2) is 0 Å². The third kappa shape index (κ3) is 3.77. The molecule has 1 fully saturated rings. The molecule has 2 unspecified atom stereocenters. The number of halogens is 4. The van der Waals surface area contributed by atoms with Crippen LogP contribution in [0.2, 0.25) is 0 Å². The standard InChI is InChI=1S/C14H13F4NO3S/c15-10(8-1-3-9(4-2-8)14(16,17)18)11(20)19-13(12(21)22)5-6-23-7-13/h1-4,10H,5-7H2,(H,19,20)(H,21,22). The molecule has 0 saturated carbocycles. The van der Waals surface area contributed by atoms with E-state index in [0.717, 1.165) is 12.1 Å². The van der Waals surface area contributed by atoms with Crippen LogP contribution in [0.25, 0.3) is 0 Å². The SMILES string of the molecule is O=C(NC1(C(=O)O)CCSC1)C(F)c1ccc(C(F)(F)F)cc1. The Labute approximate surface area is 133 Å². The van der Waals surface area contributed by atoms with Crippen molar-refractivity contribution >= 4 is 23.6 Å². The number of thioether (sulfide) groups is 1. The van der Waals surface area contributed by atoms with Crippen LogP contribution < -0.4 is 5.32 Å². The molecule has 1 aliphatic heterocycles. The molecule has 126 valence electrons. The molecule has 4 nitrogen and oxygen atoms in total. The second-order valence-corrected chi connectivity index (χ2v) is 6.27. The van der Waals surface area contributed by atoms with Crippen LogP contribution in [0, 0.1) is 0 Å². The number of carbonyl (C=O) groups excluding carboxylic acids is 1. The van der Waals surface area contributed by atoms with Crippen LogP contribution in [0.15, 0.2) is 24.3 Å². The summed E-state index contributed by atoms with van der Waals surface area (Å²) in [6.07, 6.45) is -6.63. The molecule has 2 rings (SSSR count). The Bertz CT molecular complexity index is 597. The molecule has 0 aliphatic carbocycles. The van der Waals surface area contributed by atoms with Crippen LogP contribution >= 0.6 is 11.8 Å². The van der Waals surface area contributed by atoms with E-state index in [-0.39, 0.29) is 17.7 Å². The van der Waals surface area contributed by atoms with Crippen molar-refractivity contribution in [1.29, 1.82) is 0 Å². The van der Waals surface area contributed by atoms with Gasteiger partial charge in [0.1, 0.15) is 5.54 Å². The first-order valence-corrected chi connectivity index (χ1v) is 7.75. The van der Waals surface area contributed by atoms with Crippen molar-refractivity contribution in [3.63, 3.8) is 0 Å². The van der Waals surface area contributed by atoms with Crippen LogP contribution in [0.4, 0.5) is 17.6 Å². The minimum atomic E-state index is -4.55.